The largest absolute Gasteiger partial charge is 0.285 e. The van der Waals surface area contributed by atoms with Gasteiger partial charge in [-0.3, -0.25) is 15.0 Å². The minimum Gasteiger partial charge on any atom is -0.267 e. The fraction of sp³-hybridized carbons (Fsp3) is 0.143. The molecule has 0 saturated carbocycles. The summed E-state index contributed by atoms with van der Waals surface area (Å²) < 4.78 is 2.06. The monoisotopic (exact) mass is 544 g/mol. The average Bonchev–Trinajstić information content (AvgIpc) is 3.61. The summed E-state index contributed by atoms with van der Waals surface area (Å²) in [4.78, 5) is 27.5. The summed E-state index contributed by atoms with van der Waals surface area (Å²) in [5, 5.41) is 7.91. The van der Waals surface area contributed by atoms with Crippen molar-refractivity contribution in [2.45, 2.75) is 26.2 Å². The van der Waals surface area contributed by atoms with Crippen LogP contribution in [-0.4, -0.2) is 30.9 Å². The van der Waals surface area contributed by atoms with Gasteiger partial charge in [0, 0.05) is 17.3 Å². The number of nitrogens with one attached hydrogen (secondary N) is 1. The highest BCUT2D eigenvalue weighted by Gasteiger charge is 2.34. The maximum Gasteiger partial charge on any atom is 0.285 e. The topological polar surface area (TPSA) is 67.2 Å². The zero-order chi connectivity index (χ0) is 26.2. The number of carbonyl (C=O) groups is 2. The number of hydrogen-bond acceptors (Lipinski definition) is 6. The predicted octanol–water partition coefficient (Wildman–Crippen LogP) is 6.44. The van der Waals surface area contributed by atoms with Crippen LogP contribution >= 0.6 is 35.3 Å². The van der Waals surface area contributed by atoms with Crippen LogP contribution in [0.15, 0.2) is 83.2 Å². The van der Waals surface area contributed by atoms with Crippen molar-refractivity contribution >= 4 is 57.5 Å². The smallest absolute Gasteiger partial charge is 0.267 e. The first kappa shape index (κ1) is 25.1. The molecule has 5 rings (SSSR count). The summed E-state index contributed by atoms with van der Waals surface area (Å²) in [5.41, 5.74) is 6.69. The number of thiophene rings is 1. The standard InChI is InChI=1S/C28H24N4O2S3/c1-28(2,3)20-13-11-18(12-14-20)25(33)30-32-26(34)23(37-27(32)35)16-19-17-31(21-8-5-4-6-9-21)29-24(19)22-10-7-15-36-22/h4-17H,1-3H3,(H,30,33)/b23-16-. The lowest BCUT2D eigenvalue weighted by Gasteiger charge is -2.19. The van der Waals surface area contributed by atoms with E-state index in [1.54, 1.807) is 34.2 Å². The number of thioether (sulfide) groups is 1. The second kappa shape index (κ2) is 10.1. The Balaban J connectivity index is 1.40. The third kappa shape index (κ3) is 5.29. The highest BCUT2D eigenvalue weighted by atomic mass is 32.2. The molecule has 0 atom stereocenters. The molecule has 0 spiro atoms. The van der Waals surface area contributed by atoms with Gasteiger partial charge in [0.25, 0.3) is 11.8 Å². The summed E-state index contributed by atoms with van der Waals surface area (Å²) in [6.07, 6.45) is 3.68. The van der Waals surface area contributed by atoms with Crippen molar-refractivity contribution in [1.29, 1.82) is 0 Å². The van der Waals surface area contributed by atoms with E-state index in [0.29, 0.717) is 10.5 Å². The van der Waals surface area contributed by atoms with Crippen molar-refractivity contribution < 1.29 is 9.59 Å². The van der Waals surface area contributed by atoms with E-state index in [-0.39, 0.29) is 15.6 Å². The van der Waals surface area contributed by atoms with Crippen molar-refractivity contribution in [3.63, 3.8) is 0 Å². The quantitative estimate of drug-likeness (QED) is 0.231. The molecular formula is C28H24N4O2S3. The molecule has 9 heteroatoms. The summed E-state index contributed by atoms with van der Waals surface area (Å²) in [5.74, 6) is -0.770. The number of aromatic nitrogens is 2. The van der Waals surface area contributed by atoms with Crippen LogP contribution in [0.5, 0.6) is 0 Å². The van der Waals surface area contributed by atoms with Crippen LogP contribution < -0.4 is 5.43 Å². The second-order valence-electron chi connectivity index (χ2n) is 9.48. The molecule has 2 aromatic heterocycles. The second-order valence-corrected chi connectivity index (χ2v) is 12.1. The van der Waals surface area contributed by atoms with Crippen LogP contribution in [0.4, 0.5) is 0 Å². The SMILES string of the molecule is CC(C)(C)c1ccc(C(=O)NN2C(=O)/C(=C/c3cn(-c4ccccc4)nc3-c3cccs3)SC2=S)cc1. The average molecular weight is 545 g/mol. The zero-order valence-electron chi connectivity index (χ0n) is 20.5. The number of carbonyl (C=O) groups excluding carboxylic acids is 2. The predicted molar refractivity (Wildman–Crippen MR) is 154 cm³/mol. The molecule has 0 radical (unpaired) electrons. The molecule has 2 aromatic carbocycles. The van der Waals surface area contributed by atoms with E-state index in [1.165, 1.54) is 0 Å². The molecule has 3 heterocycles. The van der Waals surface area contributed by atoms with E-state index in [9.17, 15) is 9.59 Å². The van der Waals surface area contributed by atoms with E-state index in [1.807, 2.05) is 66.2 Å². The Hall–Kier alpha value is -3.53. The summed E-state index contributed by atoms with van der Waals surface area (Å²) in [7, 11) is 0. The summed E-state index contributed by atoms with van der Waals surface area (Å²) in [6, 6.07) is 21.1. The van der Waals surface area contributed by atoms with Crippen molar-refractivity contribution in [2.75, 3.05) is 0 Å². The van der Waals surface area contributed by atoms with E-state index < -0.39 is 5.91 Å². The molecule has 186 valence electrons. The van der Waals surface area contributed by atoms with Gasteiger partial charge < -0.3 is 0 Å². The fourth-order valence-corrected chi connectivity index (χ4v) is 5.71. The Kier molecular flexibility index (Phi) is 6.85. The normalized spacial score (nSPS) is 15.0. The van der Waals surface area contributed by atoms with Crippen LogP contribution in [0.1, 0.15) is 42.3 Å². The minimum absolute atomic E-state index is 0.0197. The Morgan fingerprint density at radius 1 is 1.03 bits per heavy atom. The van der Waals surface area contributed by atoms with Gasteiger partial charge >= 0.3 is 0 Å². The molecule has 6 nitrogen and oxygen atoms in total. The molecule has 1 aliphatic rings. The molecule has 0 unspecified atom stereocenters. The van der Waals surface area contributed by atoms with Gasteiger partial charge in [0.1, 0.15) is 5.69 Å². The molecule has 1 fully saturated rings. The molecule has 1 N–H and O–H groups in total. The Labute approximate surface area is 229 Å². The molecule has 1 aliphatic heterocycles. The zero-order valence-corrected chi connectivity index (χ0v) is 22.9. The number of amides is 2. The Bertz CT molecular complexity index is 1500. The van der Waals surface area contributed by atoms with E-state index in [4.69, 9.17) is 17.3 Å². The van der Waals surface area contributed by atoms with Gasteiger partial charge in [-0.1, -0.05) is 68.9 Å². The third-order valence-corrected chi connectivity index (χ3v) is 8.00. The number of para-hydroxylation sites is 1. The first-order valence-electron chi connectivity index (χ1n) is 11.6. The highest BCUT2D eigenvalue weighted by Crippen LogP contribution is 2.35. The van der Waals surface area contributed by atoms with Gasteiger partial charge in [-0.15, -0.1) is 11.3 Å². The van der Waals surface area contributed by atoms with Crippen molar-refractivity contribution in [1.82, 2.24) is 20.2 Å². The number of rotatable bonds is 5. The van der Waals surface area contributed by atoms with Gasteiger partial charge in [-0.25, -0.2) is 4.68 Å². The Morgan fingerprint density at radius 3 is 2.41 bits per heavy atom. The molecule has 0 aliphatic carbocycles. The molecular weight excluding hydrogens is 521 g/mol. The summed E-state index contributed by atoms with van der Waals surface area (Å²) in [6.45, 7) is 6.34. The summed E-state index contributed by atoms with van der Waals surface area (Å²) >= 11 is 8.16. The fourth-order valence-electron chi connectivity index (χ4n) is 3.80. The van der Waals surface area contributed by atoms with E-state index in [0.717, 1.165) is 44.2 Å². The molecule has 4 aromatic rings. The number of hydrogen-bond donors (Lipinski definition) is 1. The first-order chi connectivity index (χ1) is 17.7. The van der Waals surface area contributed by atoms with Crippen molar-refractivity contribution in [3.05, 3.63) is 99.9 Å². The van der Waals surface area contributed by atoms with Gasteiger partial charge in [0.15, 0.2) is 4.32 Å². The molecule has 37 heavy (non-hydrogen) atoms. The Morgan fingerprint density at radius 2 is 1.76 bits per heavy atom. The lowest BCUT2D eigenvalue weighted by Crippen LogP contribution is -2.44. The maximum absolute atomic E-state index is 13.3. The van der Waals surface area contributed by atoms with Crippen LogP contribution in [0, 0.1) is 0 Å². The number of thiocarbonyl (C=S) groups is 1. The first-order valence-corrected chi connectivity index (χ1v) is 13.7. The molecule has 0 bridgehead atoms. The number of hydrazine groups is 1. The molecule has 1 saturated heterocycles. The minimum atomic E-state index is -0.394. The van der Waals surface area contributed by atoms with E-state index in [2.05, 4.69) is 26.2 Å². The van der Waals surface area contributed by atoms with Gasteiger partial charge in [-0.2, -0.15) is 10.1 Å². The van der Waals surface area contributed by atoms with E-state index >= 15 is 0 Å². The van der Waals surface area contributed by atoms with Crippen LogP contribution in [-0.2, 0) is 10.2 Å². The molecule has 2 amide bonds. The van der Waals surface area contributed by atoms with Gasteiger partial charge in [0.05, 0.1) is 15.5 Å². The van der Waals surface area contributed by atoms with Gasteiger partial charge in [0.2, 0.25) is 0 Å². The lowest BCUT2D eigenvalue weighted by atomic mass is 9.87. The van der Waals surface area contributed by atoms with Crippen LogP contribution in [0.25, 0.3) is 22.3 Å². The number of benzene rings is 2. The third-order valence-electron chi connectivity index (χ3n) is 5.82. The van der Waals surface area contributed by atoms with Crippen molar-refractivity contribution in [2.24, 2.45) is 0 Å². The van der Waals surface area contributed by atoms with Gasteiger partial charge in [-0.05, 0) is 65.0 Å². The van der Waals surface area contributed by atoms with Crippen molar-refractivity contribution in [3.8, 4) is 16.3 Å². The van der Waals surface area contributed by atoms with Crippen LogP contribution in [0.3, 0.4) is 0 Å². The highest BCUT2D eigenvalue weighted by molar-refractivity contribution is 8.26. The maximum atomic E-state index is 13.3. The number of nitrogens with zero attached hydrogens (tertiary/aromatic N) is 3. The lowest BCUT2D eigenvalue weighted by molar-refractivity contribution is -0.123. The van der Waals surface area contributed by atoms with Crippen LogP contribution in [0.2, 0.25) is 0 Å².